The molecule has 0 radical (unpaired) electrons. The zero-order chi connectivity index (χ0) is 15.8. The Morgan fingerprint density at radius 1 is 1.35 bits per heavy atom. The van der Waals surface area contributed by atoms with E-state index in [1.54, 1.807) is 29.1 Å². The highest BCUT2D eigenvalue weighted by Gasteiger charge is 2.22. The minimum atomic E-state index is -0.816. The number of benzene rings is 1. The van der Waals surface area contributed by atoms with Gasteiger partial charge in [-0.05, 0) is 31.0 Å². The van der Waals surface area contributed by atoms with E-state index in [-0.39, 0.29) is 6.23 Å². The van der Waals surface area contributed by atoms with Crippen molar-refractivity contribution < 1.29 is 9.13 Å². The molecule has 1 aliphatic heterocycles. The van der Waals surface area contributed by atoms with Gasteiger partial charge in [-0.1, -0.05) is 6.07 Å². The number of halogens is 1. The summed E-state index contributed by atoms with van der Waals surface area (Å²) in [5, 5.41) is 3.04. The van der Waals surface area contributed by atoms with Crippen LogP contribution in [0.25, 0.3) is 11.2 Å². The Hall–Kier alpha value is -2.74. The molecule has 0 aliphatic carbocycles. The Kier molecular flexibility index (Phi) is 3.30. The van der Waals surface area contributed by atoms with E-state index in [1.807, 2.05) is 6.07 Å². The number of nitrogen functional groups attached to an aromatic ring is 1. The fraction of sp³-hybridized carbons (Fsp3) is 0.267. The molecule has 0 bridgehead atoms. The third-order valence-corrected chi connectivity index (χ3v) is 3.76. The molecule has 23 heavy (non-hydrogen) atoms. The summed E-state index contributed by atoms with van der Waals surface area (Å²) in [4.78, 5) is 12.0. The van der Waals surface area contributed by atoms with Crippen LogP contribution in [0.2, 0.25) is 0 Å². The maximum atomic E-state index is 13.9. The highest BCUT2D eigenvalue weighted by Crippen LogP contribution is 2.29. The summed E-state index contributed by atoms with van der Waals surface area (Å²) in [7, 11) is 0. The number of fused-ring (bicyclic) bond motifs is 1. The summed E-state index contributed by atoms with van der Waals surface area (Å²) < 4.78 is 21.2. The van der Waals surface area contributed by atoms with Gasteiger partial charge in [0.25, 0.3) is 0 Å². The summed E-state index contributed by atoms with van der Waals surface area (Å²) >= 11 is 0. The van der Waals surface area contributed by atoms with E-state index in [0.29, 0.717) is 35.0 Å². The third kappa shape index (κ3) is 2.57. The van der Waals surface area contributed by atoms with Gasteiger partial charge >= 0.3 is 6.08 Å². The molecule has 1 atom stereocenters. The van der Waals surface area contributed by atoms with Crippen LogP contribution in [-0.4, -0.2) is 26.1 Å². The molecule has 118 valence electrons. The number of rotatable bonds is 3. The lowest BCUT2D eigenvalue weighted by Gasteiger charge is -2.12. The van der Waals surface area contributed by atoms with E-state index >= 15 is 0 Å². The molecule has 1 aliphatic rings. The summed E-state index contributed by atoms with van der Waals surface area (Å²) in [6.45, 7) is 0.687. The van der Waals surface area contributed by atoms with Crippen LogP contribution in [0.4, 0.5) is 21.6 Å². The van der Waals surface area contributed by atoms with Crippen LogP contribution in [0.1, 0.15) is 19.1 Å². The molecule has 3 heterocycles. The van der Waals surface area contributed by atoms with E-state index in [2.05, 4.69) is 20.3 Å². The van der Waals surface area contributed by atoms with Crippen LogP contribution >= 0.6 is 0 Å². The maximum absolute atomic E-state index is 13.9. The Labute approximate surface area is 131 Å². The summed E-state index contributed by atoms with van der Waals surface area (Å²) in [5.41, 5.74) is 7.97. The van der Waals surface area contributed by atoms with Gasteiger partial charge in [0.05, 0.1) is 6.33 Å². The van der Waals surface area contributed by atoms with Gasteiger partial charge < -0.3 is 15.8 Å². The molecule has 1 unspecified atom stereocenters. The predicted molar refractivity (Wildman–Crippen MR) is 83.6 cm³/mol. The van der Waals surface area contributed by atoms with Crippen molar-refractivity contribution in [2.24, 2.45) is 0 Å². The number of ether oxygens (including phenoxy) is 1. The molecule has 1 aromatic carbocycles. The van der Waals surface area contributed by atoms with E-state index in [9.17, 15) is 4.39 Å². The molecule has 0 saturated carbocycles. The monoisotopic (exact) mass is 314 g/mol. The smallest absolute Gasteiger partial charge is 0.312 e. The number of nitrogens with one attached hydrogen (secondary N) is 1. The largest absolute Gasteiger partial charge is 0.399 e. The first-order chi connectivity index (χ1) is 11.2. The molecular weight excluding hydrogens is 299 g/mol. The number of hydrogen-bond donors (Lipinski definition) is 2. The zero-order valence-electron chi connectivity index (χ0n) is 12.2. The van der Waals surface area contributed by atoms with Gasteiger partial charge in [0, 0.05) is 18.0 Å². The molecule has 0 amide bonds. The van der Waals surface area contributed by atoms with Gasteiger partial charge in [-0.3, -0.25) is 4.57 Å². The van der Waals surface area contributed by atoms with Crippen LogP contribution in [0.5, 0.6) is 0 Å². The van der Waals surface area contributed by atoms with Crippen molar-refractivity contribution >= 4 is 28.4 Å². The van der Waals surface area contributed by atoms with Crippen molar-refractivity contribution in [2.75, 3.05) is 17.7 Å². The Morgan fingerprint density at radius 3 is 3.04 bits per heavy atom. The fourth-order valence-corrected chi connectivity index (χ4v) is 2.72. The average molecular weight is 314 g/mol. The standard InChI is InChI=1S/C15H15FN6O/c16-15-20-13(19-10-4-1-3-9(17)7-10)12-14(21-15)22(8-18-12)11-5-2-6-23-11/h1,3-4,7-8,11H,2,5-6,17H2,(H,19,20,21). The molecule has 4 rings (SSSR count). The second-order valence-electron chi connectivity index (χ2n) is 5.38. The lowest BCUT2D eigenvalue weighted by atomic mass is 10.3. The highest BCUT2D eigenvalue weighted by molar-refractivity contribution is 5.85. The number of hydrogen-bond acceptors (Lipinski definition) is 6. The van der Waals surface area contributed by atoms with Gasteiger partial charge in [-0.2, -0.15) is 14.4 Å². The lowest BCUT2D eigenvalue weighted by Crippen LogP contribution is -2.08. The molecule has 8 heteroatoms. The number of anilines is 3. The van der Waals surface area contributed by atoms with Gasteiger partial charge in [-0.15, -0.1) is 0 Å². The predicted octanol–water partition coefficient (Wildman–Crippen LogP) is 2.60. The number of nitrogens with two attached hydrogens (primary N) is 1. The van der Waals surface area contributed by atoms with Crippen molar-refractivity contribution in [1.82, 2.24) is 19.5 Å². The van der Waals surface area contributed by atoms with Crippen LogP contribution in [0, 0.1) is 6.08 Å². The quantitative estimate of drug-likeness (QED) is 0.570. The van der Waals surface area contributed by atoms with Crippen LogP contribution < -0.4 is 11.1 Å². The number of imidazole rings is 1. The van der Waals surface area contributed by atoms with Gasteiger partial charge in [-0.25, -0.2) is 4.98 Å². The minimum Gasteiger partial charge on any atom is -0.399 e. The Balaban J connectivity index is 1.77. The lowest BCUT2D eigenvalue weighted by molar-refractivity contribution is 0.0592. The van der Waals surface area contributed by atoms with E-state index in [0.717, 1.165) is 12.8 Å². The first-order valence-corrected chi connectivity index (χ1v) is 7.35. The second kappa shape index (κ2) is 5.47. The second-order valence-corrected chi connectivity index (χ2v) is 5.38. The van der Waals surface area contributed by atoms with Crippen molar-refractivity contribution in [3.8, 4) is 0 Å². The molecule has 3 aromatic rings. The summed E-state index contributed by atoms with van der Waals surface area (Å²) in [6, 6.07) is 7.13. The van der Waals surface area contributed by atoms with Crippen LogP contribution in [0.3, 0.4) is 0 Å². The molecule has 1 saturated heterocycles. The van der Waals surface area contributed by atoms with Gasteiger partial charge in [0.2, 0.25) is 0 Å². The molecule has 3 N–H and O–H groups in total. The number of nitrogens with zero attached hydrogens (tertiary/aromatic N) is 4. The fourth-order valence-electron chi connectivity index (χ4n) is 2.72. The van der Waals surface area contributed by atoms with E-state index in [1.165, 1.54) is 0 Å². The molecule has 0 spiro atoms. The first-order valence-electron chi connectivity index (χ1n) is 7.35. The third-order valence-electron chi connectivity index (χ3n) is 3.76. The summed E-state index contributed by atoms with van der Waals surface area (Å²) in [5.74, 6) is 0.301. The van der Waals surface area contributed by atoms with Crippen molar-refractivity contribution in [2.45, 2.75) is 19.1 Å². The molecule has 1 fully saturated rings. The topological polar surface area (TPSA) is 90.9 Å². The van der Waals surface area contributed by atoms with Crippen LogP contribution in [0.15, 0.2) is 30.6 Å². The Bertz CT molecular complexity index is 858. The molecular formula is C15H15FN6O. The van der Waals surface area contributed by atoms with E-state index in [4.69, 9.17) is 10.5 Å². The Morgan fingerprint density at radius 2 is 2.26 bits per heavy atom. The van der Waals surface area contributed by atoms with Crippen molar-refractivity contribution in [3.63, 3.8) is 0 Å². The molecule has 2 aromatic heterocycles. The molecule has 7 nitrogen and oxygen atoms in total. The summed E-state index contributed by atoms with van der Waals surface area (Å²) in [6.07, 6.45) is 2.46. The highest BCUT2D eigenvalue weighted by atomic mass is 19.1. The van der Waals surface area contributed by atoms with Gasteiger partial charge in [0.15, 0.2) is 17.0 Å². The normalized spacial score (nSPS) is 17.7. The van der Waals surface area contributed by atoms with Gasteiger partial charge in [0.1, 0.15) is 6.23 Å². The number of aromatic nitrogens is 4. The maximum Gasteiger partial charge on any atom is 0.312 e. The van der Waals surface area contributed by atoms with E-state index < -0.39 is 6.08 Å². The zero-order valence-corrected chi connectivity index (χ0v) is 12.2. The minimum absolute atomic E-state index is 0.158. The van der Waals surface area contributed by atoms with Crippen molar-refractivity contribution in [3.05, 3.63) is 36.7 Å². The van der Waals surface area contributed by atoms with Crippen LogP contribution in [-0.2, 0) is 4.74 Å². The first kappa shape index (κ1) is 13.9. The SMILES string of the molecule is Nc1cccc(Nc2nc(F)nc3c2ncn3C2CCCO2)c1. The van der Waals surface area contributed by atoms with Crippen molar-refractivity contribution in [1.29, 1.82) is 0 Å². The average Bonchev–Trinajstić information content (AvgIpc) is 3.15.